The summed E-state index contributed by atoms with van der Waals surface area (Å²) >= 11 is 6.48. The van der Waals surface area contributed by atoms with Crippen LogP contribution < -0.4 is 5.32 Å². The maximum Gasteiger partial charge on any atom is 0.336 e. The van der Waals surface area contributed by atoms with Crippen LogP contribution in [0.1, 0.15) is 39.9 Å². The molecule has 178 valence electrons. The number of fused-ring (bicyclic) bond motifs is 3. The number of hydrogen-bond donors (Lipinski definition) is 1. The minimum atomic E-state index is -0.578. The number of Topliss-reactive ketones (excluding diaryl/α,β-unsaturated/α-hetero) is 1. The van der Waals surface area contributed by atoms with Crippen molar-refractivity contribution in [2.75, 3.05) is 7.11 Å². The number of carbonyl (C=O) groups is 2. The van der Waals surface area contributed by atoms with Gasteiger partial charge >= 0.3 is 5.97 Å². The number of para-hydroxylation sites is 1. The maximum absolute atomic E-state index is 13.8. The van der Waals surface area contributed by atoms with Crippen molar-refractivity contribution in [3.63, 3.8) is 0 Å². The Bertz CT molecular complexity index is 1640. The van der Waals surface area contributed by atoms with Gasteiger partial charge < -0.3 is 14.6 Å². The van der Waals surface area contributed by atoms with E-state index in [1.165, 1.54) is 7.11 Å². The van der Waals surface area contributed by atoms with Crippen LogP contribution in [0.2, 0.25) is 5.02 Å². The highest BCUT2D eigenvalue weighted by atomic mass is 35.5. The maximum atomic E-state index is 13.8. The van der Waals surface area contributed by atoms with E-state index in [0.717, 1.165) is 33.3 Å². The van der Waals surface area contributed by atoms with E-state index in [-0.39, 0.29) is 5.78 Å². The number of aromatic nitrogens is 1. The summed E-state index contributed by atoms with van der Waals surface area (Å²) in [5, 5.41) is 5.01. The number of methoxy groups -OCH3 is 1. The van der Waals surface area contributed by atoms with Crippen molar-refractivity contribution in [3.05, 3.63) is 123 Å². The number of nitrogens with one attached hydrogen (secondary N) is 1. The van der Waals surface area contributed by atoms with Gasteiger partial charge in [0.1, 0.15) is 0 Å². The number of nitrogens with zero attached hydrogens (tertiary/aromatic N) is 1. The van der Waals surface area contributed by atoms with E-state index < -0.39 is 11.9 Å². The van der Waals surface area contributed by atoms with E-state index in [9.17, 15) is 9.59 Å². The molecule has 36 heavy (non-hydrogen) atoms. The second-order valence-corrected chi connectivity index (χ2v) is 9.48. The Morgan fingerprint density at radius 1 is 1.00 bits per heavy atom. The SMILES string of the molecule is COC(=O)C1=C(C)NC2=C(C(=O)c3ccccc32)[C@@H]1c1cn(Cc2ccccc2Cl)c2ccccc12. The third-order valence-electron chi connectivity index (χ3n) is 7.08. The van der Waals surface area contributed by atoms with Gasteiger partial charge in [0.05, 0.1) is 24.3 Å². The molecule has 1 N–H and O–H groups in total. The molecule has 0 spiro atoms. The lowest BCUT2D eigenvalue weighted by molar-refractivity contribution is -0.136. The lowest BCUT2D eigenvalue weighted by atomic mass is 9.79. The van der Waals surface area contributed by atoms with Crippen LogP contribution in [0, 0.1) is 0 Å². The standard InChI is InChI=1S/C30H23ClN2O3/c1-17-25(30(35)36-2)26(27-28(32-17)20-11-4-5-12-21(20)29(27)34)22-16-33(24-14-8-6-10-19(22)24)15-18-9-3-7-13-23(18)31/h3-14,16,26,32H,15H2,1-2H3/t26-/m1/s1. The molecule has 2 heterocycles. The van der Waals surface area contributed by atoms with Crippen molar-refractivity contribution in [2.24, 2.45) is 0 Å². The van der Waals surface area contributed by atoms with Gasteiger partial charge in [0.15, 0.2) is 5.78 Å². The van der Waals surface area contributed by atoms with Crippen LogP contribution in [0.3, 0.4) is 0 Å². The molecule has 0 fully saturated rings. The van der Waals surface area contributed by atoms with Gasteiger partial charge in [0.2, 0.25) is 0 Å². The van der Waals surface area contributed by atoms with Crippen LogP contribution in [0.15, 0.2) is 95.8 Å². The minimum Gasteiger partial charge on any atom is -0.466 e. The van der Waals surface area contributed by atoms with Gasteiger partial charge in [-0.2, -0.15) is 0 Å². The predicted octanol–water partition coefficient (Wildman–Crippen LogP) is 6.08. The van der Waals surface area contributed by atoms with Crippen LogP contribution in [-0.2, 0) is 16.1 Å². The molecule has 6 rings (SSSR count). The lowest BCUT2D eigenvalue weighted by Crippen LogP contribution is -2.29. The molecule has 5 nitrogen and oxygen atoms in total. The van der Waals surface area contributed by atoms with Crippen molar-refractivity contribution in [3.8, 4) is 0 Å². The van der Waals surface area contributed by atoms with Crippen molar-refractivity contribution in [2.45, 2.75) is 19.4 Å². The molecule has 0 radical (unpaired) electrons. The quantitative estimate of drug-likeness (QED) is 0.349. The fourth-order valence-corrected chi connectivity index (χ4v) is 5.66. The molecule has 3 aromatic carbocycles. The van der Waals surface area contributed by atoms with Crippen molar-refractivity contribution >= 4 is 40.0 Å². The Hall–Kier alpha value is -4.09. The largest absolute Gasteiger partial charge is 0.466 e. The zero-order valence-corrected chi connectivity index (χ0v) is 20.6. The summed E-state index contributed by atoms with van der Waals surface area (Å²) in [6.45, 7) is 2.42. The number of dihydropyridines is 1. The van der Waals surface area contributed by atoms with E-state index in [2.05, 4.69) is 9.88 Å². The molecule has 4 aromatic rings. The fraction of sp³-hybridized carbons (Fsp3) is 0.133. The van der Waals surface area contributed by atoms with Crippen molar-refractivity contribution in [1.82, 2.24) is 9.88 Å². The van der Waals surface area contributed by atoms with Gasteiger partial charge in [-0.05, 0) is 30.2 Å². The molecular formula is C30H23ClN2O3. The number of ether oxygens (including phenoxy) is 1. The summed E-state index contributed by atoms with van der Waals surface area (Å²) in [5.41, 5.74) is 6.81. The number of halogens is 1. The smallest absolute Gasteiger partial charge is 0.336 e. The summed E-state index contributed by atoms with van der Waals surface area (Å²) in [7, 11) is 1.37. The van der Waals surface area contributed by atoms with Crippen molar-refractivity contribution < 1.29 is 14.3 Å². The average Bonchev–Trinajstić information content (AvgIpc) is 3.40. The highest BCUT2D eigenvalue weighted by molar-refractivity contribution is 6.31. The number of allylic oxidation sites excluding steroid dienone is 2. The summed E-state index contributed by atoms with van der Waals surface area (Å²) in [5.74, 6) is -1.11. The van der Waals surface area contributed by atoms with Crippen molar-refractivity contribution in [1.29, 1.82) is 0 Å². The Kier molecular flexibility index (Phi) is 5.31. The molecular weight excluding hydrogens is 472 g/mol. The monoisotopic (exact) mass is 494 g/mol. The number of carbonyl (C=O) groups excluding carboxylic acids is 2. The number of ketones is 1. The Balaban J connectivity index is 1.59. The van der Waals surface area contributed by atoms with E-state index >= 15 is 0 Å². The molecule has 0 saturated heterocycles. The molecule has 0 unspecified atom stereocenters. The number of hydrogen-bond acceptors (Lipinski definition) is 4. The molecule has 6 heteroatoms. The molecule has 1 aromatic heterocycles. The molecule has 0 saturated carbocycles. The molecule has 1 aliphatic heterocycles. The Morgan fingerprint density at radius 3 is 2.47 bits per heavy atom. The van der Waals surface area contributed by atoms with E-state index in [0.29, 0.717) is 34.0 Å². The zero-order chi connectivity index (χ0) is 25.0. The highest BCUT2D eigenvalue weighted by Gasteiger charge is 2.43. The highest BCUT2D eigenvalue weighted by Crippen LogP contribution is 2.48. The number of rotatable bonds is 4. The summed E-state index contributed by atoms with van der Waals surface area (Å²) < 4.78 is 7.34. The fourth-order valence-electron chi connectivity index (χ4n) is 5.47. The van der Waals surface area contributed by atoms with Gasteiger partial charge in [-0.15, -0.1) is 0 Å². The van der Waals surface area contributed by atoms with E-state index in [1.54, 1.807) is 0 Å². The first-order valence-corrected chi connectivity index (χ1v) is 12.1. The van der Waals surface area contributed by atoms with Crippen LogP contribution in [0.5, 0.6) is 0 Å². The third kappa shape index (κ3) is 3.31. The van der Waals surface area contributed by atoms with Gasteiger partial charge in [0.25, 0.3) is 0 Å². The van der Waals surface area contributed by atoms with Crippen LogP contribution >= 0.6 is 11.6 Å². The second kappa shape index (κ2) is 8.54. The van der Waals surface area contributed by atoms with Crippen LogP contribution in [0.25, 0.3) is 16.6 Å². The second-order valence-electron chi connectivity index (χ2n) is 9.07. The number of esters is 1. The van der Waals surface area contributed by atoms with Crippen LogP contribution in [0.4, 0.5) is 0 Å². The molecule has 0 bridgehead atoms. The van der Waals surface area contributed by atoms with E-state index in [1.807, 2.05) is 85.9 Å². The van der Waals surface area contributed by atoms with Crippen LogP contribution in [-0.4, -0.2) is 23.4 Å². The predicted molar refractivity (Wildman–Crippen MR) is 141 cm³/mol. The molecule has 0 amide bonds. The Morgan fingerprint density at radius 2 is 1.69 bits per heavy atom. The Labute approximate surface area is 213 Å². The third-order valence-corrected chi connectivity index (χ3v) is 7.45. The normalized spacial score (nSPS) is 16.8. The first-order valence-electron chi connectivity index (χ1n) is 11.7. The summed E-state index contributed by atoms with van der Waals surface area (Å²) in [6, 6.07) is 23.4. The summed E-state index contributed by atoms with van der Waals surface area (Å²) in [6.07, 6.45) is 2.04. The van der Waals surface area contributed by atoms with Gasteiger partial charge in [0, 0.05) is 51.1 Å². The average molecular weight is 495 g/mol. The first-order chi connectivity index (χ1) is 17.5. The van der Waals surface area contributed by atoms with Gasteiger partial charge in [-0.1, -0.05) is 72.3 Å². The topological polar surface area (TPSA) is 60.3 Å². The molecule has 1 atom stereocenters. The van der Waals surface area contributed by atoms with E-state index in [4.69, 9.17) is 16.3 Å². The first kappa shape index (κ1) is 22.4. The lowest BCUT2D eigenvalue weighted by Gasteiger charge is -2.28. The minimum absolute atomic E-state index is 0.0741. The molecule has 1 aliphatic carbocycles. The summed E-state index contributed by atoms with van der Waals surface area (Å²) in [4.78, 5) is 26.9. The van der Waals surface area contributed by atoms with Gasteiger partial charge in [-0.25, -0.2) is 4.79 Å². The number of benzene rings is 3. The van der Waals surface area contributed by atoms with Gasteiger partial charge in [-0.3, -0.25) is 4.79 Å². The molecule has 2 aliphatic rings. The zero-order valence-electron chi connectivity index (χ0n) is 19.8.